The predicted octanol–water partition coefficient (Wildman–Crippen LogP) is 9.56. The SMILES string of the molecule is c1cc(-c2ccc3c(c2)c2ccccc2c2nc4ccccn4c32)cc(-n2c3ccccc3c3ccccc32)c1. The maximum atomic E-state index is 5.02. The van der Waals surface area contributed by atoms with Crippen molar-refractivity contribution in [2.24, 2.45) is 0 Å². The van der Waals surface area contributed by atoms with Gasteiger partial charge in [0.1, 0.15) is 5.65 Å². The summed E-state index contributed by atoms with van der Waals surface area (Å²) in [5.41, 5.74) is 9.19. The van der Waals surface area contributed by atoms with Gasteiger partial charge in [0.15, 0.2) is 0 Å². The van der Waals surface area contributed by atoms with Gasteiger partial charge in [-0.1, -0.05) is 91.0 Å². The van der Waals surface area contributed by atoms with E-state index in [4.69, 9.17) is 4.98 Å². The fourth-order valence-corrected chi connectivity index (χ4v) is 6.54. The van der Waals surface area contributed by atoms with Crippen LogP contribution in [0.2, 0.25) is 0 Å². The van der Waals surface area contributed by atoms with Gasteiger partial charge in [0, 0.05) is 33.4 Å². The first-order chi connectivity index (χ1) is 19.8. The lowest BCUT2D eigenvalue weighted by atomic mass is 9.95. The maximum Gasteiger partial charge on any atom is 0.137 e. The fourth-order valence-electron chi connectivity index (χ4n) is 6.54. The number of fused-ring (bicyclic) bond motifs is 11. The number of hydrogen-bond donors (Lipinski definition) is 0. The van der Waals surface area contributed by atoms with Gasteiger partial charge in [-0.2, -0.15) is 0 Å². The summed E-state index contributed by atoms with van der Waals surface area (Å²) in [5.74, 6) is 0. The van der Waals surface area contributed by atoms with Crippen LogP contribution < -0.4 is 0 Å². The molecule has 0 atom stereocenters. The van der Waals surface area contributed by atoms with Crippen LogP contribution in [-0.2, 0) is 0 Å². The highest BCUT2D eigenvalue weighted by Crippen LogP contribution is 2.38. The molecule has 40 heavy (non-hydrogen) atoms. The van der Waals surface area contributed by atoms with Crippen LogP contribution in [0.4, 0.5) is 0 Å². The zero-order valence-electron chi connectivity index (χ0n) is 21.6. The molecule has 0 bridgehead atoms. The van der Waals surface area contributed by atoms with Crippen molar-refractivity contribution in [2.75, 3.05) is 0 Å². The zero-order chi connectivity index (χ0) is 26.2. The second-order valence-corrected chi connectivity index (χ2v) is 10.5. The number of imidazole rings is 1. The summed E-state index contributed by atoms with van der Waals surface area (Å²) in [6, 6.07) is 48.0. The molecule has 3 nitrogen and oxygen atoms in total. The quantitative estimate of drug-likeness (QED) is 0.213. The third-order valence-electron chi connectivity index (χ3n) is 8.29. The van der Waals surface area contributed by atoms with Crippen LogP contribution in [0.5, 0.6) is 0 Å². The first-order valence-corrected chi connectivity index (χ1v) is 13.7. The average molecular weight is 510 g/mol. The van der Waals surface area contributed by atoms with Crippen LogP contribution in [0.1, 0.15) is 0 Å². The molecule has 6 aromatic carbocycles. The van der Waals surface area contributed by atoms with Crippen LogP contribution >= 0.6 is 0 Å². The smallest absolute Gasteiger partial charge is 0.137 e. The summed E-state index contributed by atoms with van der Waals surface area (Å²) in [5, 5.41) is 7.43. The van der Waals surface area contributed by atoms with E-state index in [-0.39, 0.29) is 0 Å². The molecular formula is C37H23N3. The van der Waals surface area contributed by atoms with E-state index < -0.39 is 0 Å². The van der Waals surface area contributed by atoms with Gasteiger partial charge in [0.2, 0.25) is 0 Å². The molecule has 0 unspecified atom stereocenters. The molecule has 0 saturated heterocycles. The van der Waals surface area contributed by atoms with Crippen molar-refractivity contribution in [3.8, 4) is 16.8 Å². The lowest BCUT2D eigenvalue weighted by molar-refractivity contribution is 1.18. The minimum absolute atomic E-state index is 0.970. The number of para-hydroxylation sites is 2. The van der Waals surface area contributed by atoms with Gasteiger partial charge in [0.05, 0.1) is 22.1 Å². The van der Waals surface area contributed by atoms with Crippen molar-refractivity contribution < 1.29 is 0 Å². The average Bonchev–Trinajstić information content (AvgIpc) is 3.58. The number of pyridine rings is 1. The predicted molar refractivity (Wildman–Crippen MR) is 167 cm³/mol. The number of benzene rings is 6. The van der Waals surface area contributed by atoms with E-state index in [1.165, 1.54) is 54.5 Å². The summed E-state index contributed by atoms with van der Waals surface area (Å²) in [6.45, 7) is 0. The first-order valence-electron chi connectivity index (χ1n) is 13.7. The van der Waals surface area contributed by atoms with Crippen LogP contribution in [0.3, 0.4) is 0 Å². The van der Waals surface area contributed by atoms with Crippen molar-refractivity contribution in [2.45, 2.75) is 0 Å². The Kier molecular flexibility index (Phi) is 4.33. The summed E-state index contributed by atoms with van der Waals surface area (Å²) >= 11 is 0. The Morgan fingerprint density at radius 3 is 1.93 bits per heavy atom. The molecule has 3 heteroatoms. The highest BCUT2D eigenvalue weighted by Gasteiger charge is 2.16. The van der Waals surface area contributed by atoms with Crippen molar-refractivity contribution in [3.63, 3.8) is 0 Å². The van der Waals surface area contributed by atoms with Gasteiger partial charge in [-0.3, -0.25) is 4.40 Å². The molecule has 3 heterocycles. The molecule has 0 amide bonds. The molecular weight excluding hydrogens is 486 g/mol. The topological polar surface area (TPSA) is 22.2 Å². The Bertz CT molecular complexity index is 2390. The Morgan fingerprint density at radius 1 is 0.450 bits per heavy atom. The number of nitrogens with zero attached hydrogens (tertiary/aromatic N) is 3. The Labute approximate surface area is 230 Å². The van der Waals surface area contributed by atoms with Gasteiger partial charge < -0.3 is 4.57 Å². The molecule has 186 valence electrons. The van der Waals surface area contributed by atoms with Crippen molar-refractivity contribution in [1.29, 1.82) is 0 Å². The van der Waals surface area contributed by atoms with E-state index in [2.05, 4.69) is 143 Å². The van der Waals surface area contributed by atoms with Crippen LogP contribution in [0, 0.1) is 0 Å². The zero-order valence-corrected chi connectivity index (χ0v) is 21.6. The van der Waals surface area contributed by atoms with Crippen LogP contribution in [-0.4, -0.2) is 14.0 Å². The van der Waals surface area contributed by atoms with E-state index in [0.717, 1.165) is 22.4 Å². The van der Waals surface area contributed by atoms with Crippen molar-refractivity contribution in [1.82, 2.24) is 14.0 Å². The molecule has 0 radical (unpaired) electrons. The van der Waals surface area contributed by atoms with Gasteiger partial charge >= 0.3 is 0 Å². The van der Waals surface area contributed by atoms with Gasteiger partial charge in [0.25, 0.3) is 0 Å². The Hall–Kier alpha value is -5.41. The first kappa shape index (κ1) is 21.5. The molecule has 0 aliphatic heterocycles. The van der Waals surface area contributed by atoms with Crippen molar-refractivity contribution >= 4 is 60.0 Å². The number of aromatic nitrogens is 3. The normalized spacial score (nSPS) is 12.0. The lowest BCUT2D eigenvalue weighted by Crippen LogP contribution is -1.94. The molecule has 0 fully saturated rings. The summed E-state index contributed by atoms with van der Waals surface area (Å²) in [4.78, 5) is 5.02. The number of hydrogen-bond acceptors (Lipinski definition) is 1. The second-order valence-electron chi connectivity index (χ2n) is 10.5. The van der Waals surface area contributed by atoms with E-state index in [1.54, 1.807) is 0 Å². The van der Waals surface area contributed by atoms with E-state index in [9.17, 15) is 0 Å². The summed E-state index contributed by atoms with van der Waals surface area (Å²) < 4.78 is 4.60. The molecule has 0 saturated carbocycles. The lowest BCUT2D eigenvalue weighted by Gasteiger charge is -2.12. The van der Waals surface area contributed by atoms with E-state index in [0.29, 0.717) is 0 Å². The van der Waals surface area contributed by atoms with Gasteiger partial charge in [-0.15, -0.1) is 0 Å². The largest absolute Gasteiger partial charge is 0.309 e. The Morgan fingerprint density at radius 2 is 1.12 bits per heavy atom. The summed E-state index contributed by atoms with van der Waals surface area (Å²) in [6.07, 6.45) is 2.11. The monoisotopic (exact) mass is 509 g/mol. The standard InChI is InChI=1S/C37H23N3/c1-2-15-30-27(12-1)32-23-25(19-20-31(32)37-36(30)38-35-18-7-8-21-39(35)37)24-10-9-11-26(22-24)40-33-16-5-3-13-28(33)29-14-4-6-17-34(29)40/h1-23H. The van der Waals surface area contributed by atoms with E-state index in [1.807, 2.05) is 6.07 Å². The fraction of sp³-hybridized carbons (Fsp3) is 0. The molecule has 0 aliphatic rings. The molecule has 0 aliphatic carbocycles. The Balaban J connectivity index is 1.31. The second kappa shape index (κ2) is 8.05. The third-order valence-corrected chi connectivity index (χ3v) is 8.29. The molecule has 9 rings (SSSR count). The van der Waals surface area contributed by atoms with Gasteiger partial charge in [-0.05, 0) is 64.4 Å². The van der Waals surface area contributed by atoms with Gasteiger partial charge in [-0.25, -0.2) is 4.98 Å². The minimum Gasteiger partial charge on any atom is -0.309 e. The van der Waals surface area contributed by atoms with Crippen LogP contribution in [0.15, 0.2) is 140 Å². The molecule has 3 aromatic heterocycles. The maximum absolute atomic E-state index is 5.02. The molecule has 0 spiro atoms. The molecule has 0 N–H and O–H groups in total. The van der Waals surface area contributed by atoms with Crippen LogP contribution in [0.25, 0.3) is 76.8 Å². The minimum atomic E-state index is 0.970. The highest BCUT2D eigenvalue weighted by atomic mass is 15.0. The van der Waals surface area contributed by atoms with E-state index >= 15 is 0 Å². The molecule has 9 aromatic rings. The third kappa shape index (κ3) is 2.92. The highest BCUT2D eigenvalue weighted by molar-refractivity contribution is 6.24. The van der Waals surface area contributed by atoms with Crippen molar-refractivity contribution in [3.05, 3.63) is 140 Å². The summed E-state index contributed by atoms with van der Waals surface area (Å²) in [7, 11) is 0. The number of rotatable bonds is 2.